The van der Waals surface area contributed by atoms with E-state index in [-0.39, 0.29) is 17.9 Å². The third kappa shape index (κ3) is 2.63. The van der Waals surface area contributed by atoms with E-state index in [0.29, 0.717) is 0 Å². The molecule has 5 nitrogen and oxygen atoms in total. The lowest BCUT2D eigenvalue weighted by Crippen LogP contribution is -2.18. The average Bonchev–Trinajstić information content (AvgIpc) is 2.73. The van der Waals surface area contributed by atoms with Crippen LogP contribution in [0, 0.1) is 0 Å². The van der Waals surface area contributed by atoms with Gasteiger partial charge in [-0.2, -0.15) is 0 Å². The molecule has 2 rings (SSSR count). The molecule has 0 aromatic heterocycles. The maximum absolute atomic E-state index is 11.6. The van der Waals surface area contributed by atoms with Crippen molar-refractivity contribution in [2.45, 2.75) is 6.10 Å². The maximum atomic E-state index is 11.6. The Hall–Kier alpha value is -2.30. The first-order valence-corrected chi connectivity index (χ1v) is 5.01. The zero-order valence-corrected chi connectivity index (χ0v) is 8.83. The minimum atomic E-state index is -0.653. The normalized spacial score (nSPS) is 17.9. The van der Waals surface area contributed by atoms with Crippen molar-refractivity contribution in [3.63, 3.8) is 0 Å². The Morgan fingerprint density at radius 2 is 2.18 bits per heavy atom. The number of rotatable bonds is 3. The summed E-state index contributed by atoms with van der Waals surface area (Å²) in [6.45, 7) is -0.0601. The third-order valence-electron chi connectivity index (χ3n) is 2.22. The van der Waals surface area contributed by atoms with Gasteiger partial charge in [-0.1, -0.05) is 12.1 Å². The van der Waals surface area contributed by atoms with Crippen molar-refractivity contribution in [3.05, 3.63) is 42.0 Å². The Kier molecular flexibility index (Phi) is 3.09. The molecule has 1 aliphatic heterocycles. The molecule has 0 fully saturated rings. The maximum Gasteiger partial charge on any atom is 0.342 e. The van der Waals surface area contributed by atoms with Crippen molar-refractivity contribution >= 4 is 11.9 Å². The van der Waals surface area contributed by atoms with Crippen LogP contribution in [0.15, 0.2) is 36.4 Å². The van der Waals surface area contributed by atoms with E-state index in [9.17, 15) is 14.7 Å². The Morgan fingerprint density at radius 3 is 2.82 bits per heavy atom. The first kappa shape index (κ1) is 11.2. The van der Waals surface area contributed by atoms with Gasteiger partial charge in [0.25, 0.3) is 0 Å². The minimum absolute atomic E-state index is 0.0601. The van der Waals surface area contributed by atoms with Gasteiger partial charge in [-0.15, -0.1) is 0 Å². The number of carbonyl (C=O) groups is 2. The molecule has 1 atom stereocenters. The van der Waals surface area contributed by atoms with Crippen molar-refractivity contribution in [3.8, 4) is 5.75 Å². The molecule has 1 aromatic rings. The van der Waals surface area contributed by atoms with Gasteiger partial charge in [0.1, 0.15) is 17.9 Å². The van der Waals surface area contributed by atoms with Crippen molar-refractivity contribution in [2.24, 2.45) is 0 Å². The molecule has 0 unspecified atom stereocenters. The number of carbonyl (C=O) groups excluding carboxylic acids is 2. The number of hydrogen-bond donors (Lipinski definition) is 1. The van der Waals surface area contributed by atoms with E-state index in [1.165, 1.54) is 24.3 Å². The van der Waals surface area contributed by atoms with Crippen LogP contribution in [0.5, 0.6) is 5.75 Å². The number of aromatic hydroxyl groups is 1. The van der Waals surface area contributed by atoms with Gasteiger partial charge in [0, 0.05) is 6.08 Å². The van der Waals surface area contributed by atoms with Crippen LogP contribution in [0.25, 0.3) is 0 Å². The lowest BCUT2D eigenvalue weighted by Gasteiger charge is -2.09. The number of para-hydroxylation sites is 1. The molecule has 0 saturated heterocycles. The minimum Gasteiger partial charge on any atom is -0.507 e. The zero-order chi connectivity index (χ0) is 12.3. The monoisotopic (exact) mass is 234 g/mol. The third-order valence-corrected chi connectivity index (χ3v) is 2.22. The van der Waals surface area contributed by atoms with Gasteiger partial charge in [-0.3, -0.25) is 0 Å². The molecule has 0 bridgehead atoms. The molecule has 0 saturated carbocycles. The summed E-state index contributed by atoms with van der Waals surface area (Å²) in [5.41, 5.74) is 0.0841. The summed E-state index contributed by atoms with van der Waals surface area (Å²) < 4.78 is 9.70. The zero-order valence-electron chi connectivity index (χ0n) is 8.83. The van der Waals surface area contributed by atoms with Gasteiger partial charge in [-0.25, -0.2) is 9.59 Å². The van der Waals surface area contributed by atoms with E-state index in [1.807, 2.05) is 0 Å². The van der Waals surface area contributed by atoms with Crippen LogP contribution in [-0.4, -0.2) is 29.8 Å². The fourth-order valence-electron chi connectivity index (χ4n) is 1.39. The lowest BCUT2D eigenvalue weighted by atomic mass is 10.2. The Morgan fingerprint density at radius 1 is 1.41 bits per heavy atom. The highest BCUT2D eigenvalue weighted by molar-refractivity contribution is 5.92. The number of ether oxygens (including phenoxy) is 2. The summed E-state index contributed by atoms with van der Waals surface area (Å²) in [6.07, 6.45) is 2.25. The van der Waals surface area contributed by atoms with Crippen molar-refractivity contribution < 1.29 is 24.2 Å². The molecule has 5 heteroatoms. The Labute approximate surface area is 97.3 Å². The van der Waals surface area contributed by atoms with Crippen LogP contribution in [0.3, 0.4) is 0 Å². The number of phenols is 1. The van der Waals surface area contributed by atoms with Crippen LogP contribution in [0.4, 0.5) is 0 Å². The summed E-state index contributed by atoms with van der Waals surface area (Å²) in [4.78, 5) is 22.3. The molecule has 17 heavy (non-hydrogen) atoms. The van der Waals surface area contributed by atoms with Crippen LogP contribution in [0.1, 0.15) is 10.4 Å². The Bertz CT molecular complexity index is 478. The van der Waals surface area contributed by atoms with E-state index in [4.69, 9.17) is 9.47 Å². The summed E-state index contributed by atoms with van der Waals surface area (Å²) in [5, 5.41) is 9.41. The molecule has 1 aromatic carbocycles. The average molecular weight is 234 g/mol. The van der Waals surface area contributed by atoms with Gasteiger partial charge >= 0.3 is 11.9 Å². The van der Waals surface area contributed by atoms with Crippen LogP contribution in [0.2, 0.25) is 0 Å². The van der Waals surface area contributed by atoms with Crippen LogP contribution >= 0.6 is 0 Å². The molecule has 0 spiro atoms. The van der Waals surface area contributed by atoms with Crippen molar-refractivity contribution in [2.75, 3.05) is 6.61 Å². The molecule has 0 aliphatic carbocycles. The number of cyclic esters (lactones) is 1. The quantitative estimate of drug-likeness (QED) is 0.791. The molecule has 1 heterocycles. The van der Waals surface area contributed by atoms with E-state index in [2.05, 4.69) is 0 Å². The Balaban J connectivity index is 1.92. The van der Waals surface area contributed by atoms with Gasteiger partial charge in [-0.05, 0) is 18.2 Å². The topological polar surface area (TPSA) is 72.8 Å². The first-order chi connectivity index (χ1) is 8.16. The standard InChI is InChI=1S/C12H10O5/c13-10-4-2-1-3-9(10)12(15)16-7-8-5-6-11(14)17-8/h1-6,8,13H,7H2/t8-/m0/s1. The predicted octanol–water partition coefficient (Wildman–Crippen LogP) is 1.03. The summed E-state index contributed by atoms with van der Waals surface area (Å²) in [7, 11) is 0. The molecule has 0 radical (unpaired) electrons. The second kappa shape index (κ2) is 4.69. The highest BCUT2D eigenvalue weighted by Crippen LogP contribution is 2.17. The second-order valence-corrected chi connectivity index (χ2v) is 3.45. The summed E-state index contributed by atoms with van der Waals surface area (Å²) in [6, 6.07) is 6.07. The predicted molar refractivity (Wildman–Crippen MR) is 57.4 cm³/mol. The molecule has 1 aliphatic rings. The highest BCUT2D eigenvalue weighted by Gasteiger charge is 2.19. The first-order valence-electron chi connectivity index (χ1n) is 5.01. The smallest absolute Gasteiger partial charge is 0.342 e. The van der Waals surface area contributed by atoms with Gasteiger partial charge in [0.15, 0.2) is 6.10 Å². The van der Waals surface area contributed by atoms with Crippen LogP contribution in [-0.2, 0) is 14.3 Å². The van der Waals surface area contributed by atoms with Gasteiger partial charge < -0.3 is 14.6 Å². The fraction of sp³-hybridized carbons (Fsp3) is 0.167. The van der Waals surface area contributed by atoms with Crippen molar-refractivity contribution in [1.29, 1.82) is 0 Å². The van der Waals surface area contributed by atoms with Gasteiger partial charge in [0.05, 0.1) is 0 Å². The van der Waals surface area contributed by atoms with E-state index >= 15 is 0 Å². The SMILES string of the molecule is O=C1C=C[C@@H](COC(=O)c2ccccc2O)O1. The fourth-order valence-corrected chi connectivity index (χ4v) is 1.39. The highest BCUT2D eigenvalue weighted by atomic mass is 16.6. The summed E-state index contributed by atoms with van der Waals surface area (Å²) >= 11 is 0. The number of benzene rings is 1. The molecular formula is C12H10O5. The number of phenolic OH excluding ortho intramolecular Hbond substituents is 1. The lowest BCUT2D eigenvalue weighted by molar-refractivity contribution is -0.140. The molecule has 0 amide bonds. The molecular weight excluding hydrogens is 224 g/mol. The van der Waals surface area contributed by atoms with E-state index in [0.717, 1.165) is 0 Å². The molecule has 1 N–H and O–H groups in total. The van der Waals surface area contributed by atoms with E-state index < -0.39 is 18.0 Å². The van der Waals surface area contributed by atoms with E-state index in [1.54, 1.807) is 12.1 Å². The molecule has 88 valence electrons. The number of esters is 2. The second-order valence-electron chi connectivity index (χ2n) is 3.45. The van der Waals surface area contributed by atoms with Gasteiger partial charge in [0.2, 0.25) is 0 Å². The number of hydrogen-bond acceptors (Lipinski definition) is 5. The van der Waals surface area contributed by atoms with Crippen LogP contribution < -0.4 is 0 Å². The van der Waals surface area contributed by atoms with Crippen molar-refractivity contribution in [1.82, 2.24) is 0 Å². The largest absolute Gasteiger partial charge is 0.507 e. The summed E-state index contributed by atoms with van der Waals surface area (Å²) in [5.74, 6) is -1.25.